The molecule has 1 fully saturated rings. The molecule has 1 heterocycles. The first-order valence-corrected chi connectivity index (χ1v) is 7.87. The summed E-state index contributed by atoms with van der Waals surface area (Å²) in [7, 11) is 0. The smallest absolute Gasteiger partial charge is 0.351 e. The molecule has 8 heteroatoms. The maximum Gasteiger partial charge on any atom is 0.433 e. The number of aromatic nitrogens is 2. The highest BCUT2D eigenvalue weighted by atomic mass is 79.9. The molecule has 1 aromatic heterocycles. The summed E-state index contributed by atoms with van der Waals surface area (Å²) in [5.41, 5.74) is 0.603. The number of alkyl halides is 3. The molecule has 1 aliphatic rings. The summed E-state index contributed by atoms with van der Waals surface area (Å²) in [6, 6.07) is 6.53. The molecule has 1 aromatic carbocycles. The number of hydrogen-bond donors (Lipinski definition) is 2. The maximum absolute atomic E-state index is 13.0. The molecule has 2 aromatic rings. The molecule has 0 bridgehead atoms. The van der Waals surface area contributed by atoms with Crippen LogP contribution in [-0.4, -0.2) is 16.0 Å². The number of rotatable bonds is 4. The highest BCUT2D eigenvalue weighted by Crippen LogP contribution is 2.32. The summed E-state index contributed by atoms with van der Waals surface area (Å²) in [6.07, 6.45) is -2.67. The molecule has 2 N–H and O–H groups in total. The first kappa shape index (κ1) is 16.0. The number of halogens is 4. The standard InChI is InChI=1S/C15H14BrF3N4/c1-8-10(16)3-2-4-11(8)21-13-7-12(15(17,18)19)22-14(23-13)20-9-5-6-9/h2-4,7,9H,5-6H2,1H3,(H2,20,21,22,23). The Morgan fingerprint density at radius 3 is 2.61 bits per heavy atom. The van der Waals surface area contributed by atoms with Gasteiger partial charge in [-0.05, 0) is 37.5 Å². The third kappa shape index (κ3) is 3.93. The van der Waals surface area contributed by atoms with E-state index in [0.717, 1.165) is 28.9 Å². The number of benzene rings is 1. The van der Waals surface area contributed by atoms with E-state index in [2.05, 4.69) is 36.5 Å². The molecule has 0 radical (unpaired) electrons. The fourth-order valence-electron chi connectivity index (χ4n) is 2.01. The minimum absolute atomic E-state index is 0.00234. The normalized spacial score (nSPS) is 14.7. The number of nitrogens with one attached hydrogen (secondary N) is 2. The zero-order valence-corrected chi connectivity index (χ0v) is 13.8. The van der Waals surface area contributed by atoms with Crippen molar-refractivity contribution in [2.24, 2.45) is 0 Å². The van der Waals surface area contributed by atoms with E-state index in [0.29, 0.717) is 5.69 Å². The van der Waals surface area contributed by atoms with E-state index < -0.39 is 11.9 Å². The summed E-state index contributed by atoms with van der Waals surface area (Å²) in [4.78, 5) is 7.71. The molecule has 0 atom stereocenters. The van der Waals surface area contributed by atoms with Crippen molar-refractivity contribution in [2.75, 3.05) is 10.6 Å². The molecule has 0 spiro atoms. The van der Waals surface area contributed by atoms with E-state index in [-0.39, 0.29) is 17.8 Å². The van der Waals surface area contributed by atoms with Crippen molar-refractivity contribution in [3.8, 4) is 0 Å². The average molecular weight is 387 g/mol. The highest BCUT2D eigenvalue weighted by molar-refractivity contribution is 9.10. The molecule has 0 saturated heterocycles. The van der Waals surface area contributed by atoms with Crippen LogP contribution in [0.3, 0.4) is 0 Å². The Labute approximate surface area is 139 Å². The Morgan fingerprint density at radius 1 is 1.22 bits per heavy atom. The van der Waals surface area contributed by atoms with Crippen molar-refractivity contribution >= 4 is 33.4 Å². The van der Waals surface area contributed by atoms with Gasteiger partial charge in [0, 0.05) is 22.3 Å². The molecule has 1 saturated carbocycles. The first-order valence-electron chi connectivity index (χ1n) is 7.08. The third-order valence-electron chi connectivity index (χ3n) is 3.46. The van der Waals surface area contributed by atoms with Crippen molar-refractivity contribution in [1.29, 1.82) is 0 Å². The number of hydrogen-bond acceptors (Lipinski definition) is 4. The van der Waals surface area contributed by atoms with Gasteiger partial charge in [-0.1, -0.05) is 22.0 Å². The molecule has 1 aliphatic carbocycles. The lowest BCUT2D eigenvalue weighted by molar-refractivity contribution is -0.141. The second-order valence-electron chi connectivity index (χ2n) is 5.42. The largest absolute Gasteiger partial charge is 0.433 e. The van der Waals surface area contributed by atoms with Crippen molar-refractivity contribution in [3.05, 3.63) is 40.0 Å². The second kappa shape index (κ2) is 5.99. The lowest BCUT2D eigenvalue weighted by atomic mass is 10.2. The van der Waals surface area contributed by atoms with Gasteiger partial charge in [-0.15, -0.1) is 0 Å². The minimum atomic E-state index is -4.52. The molecule has 0 aliphatic heterocycles. The Hall–Kier alpha value is -1.83. The lowest BCUT2D eigenvalue weighted by Crippen LogP contribution is -2.14. The summed E-state index contributed by atoms with van der Waals surface area (Å²) in [5.74, 6) is 0.106. The molecule has 122 valence electrons. The second-order valence-corrected chi connectivity index (χ2v) is 6.27. The summed E-state index contributed by atoms with van der Waals surface area (Å²) >= 11 is 3.40. The highest BCUT2D eigenvalue weighted by Gasteiger charge is 2.34. The third-order valence-corrected chi connectivity index (χ3v) is 4.32. The number of anilines is 3. The molecule has 0 amide bonds. The van der Waals surface area contributed by atoms with Gasteiger partial charge in [0.2, 0.25) is 5.95 Å². The predicted molar refractivity (Wildman–Crippen MR) is 85.8 cm³/mol. The van der Waals surface area contributed by atoms with Gasteiger partial charge in [-0.25, -0.2) is 4.98 Å². The van der Waals surface area contributed by atoms with Gasteiger partial charge in [0.1, 0.15) is 5.82 Å². The first-order chi connectivity index (χ1) is 10.8. The van der Waals surface area contributed by atoms with E-state index in [9.17, 15) is 13.2 Å². The number of nitrogens with zero attached hydrogens (tertiary/aromatic N) is 2. The van der Waals surface area contributed by atoms with Gasteiger partial charge < -0.3 is 10.6 Å². The van der Waals surface area contributed by atoms with Crippen LogP contribution in [0.15, 0.2) is 28.7 Å². The van der Waals surface area contributed by atoms with Gasteiger partial charge in [0.25, 0.3) is 0 Å². The van der Waals surface area contributed by atoms with Crippen LogP contribution in [0.5, 0.6) is 0 Å². The Kier molecular flexibility index (Phi) is 4.18. The van der Waals surface area contributed by atoms with E-state index in [1.54, 1.807) is 12.1 Å². The van der Waals surface area contributed by atoms with Gasteiger partial charge >= 0.3 is 6.18 Å². The fourth-order valence-corrected chi connectivity index (χ4v) is 2.38. The monoisotopic (exact) mass is 386 g/mol. The van der Waals surface area contributed by atoms with Crippen LogP contribution < -0.4 is 10.6 Å². The van der Waals surface area contributed by atoms with Crippen molar-refractivity contribution in [1.82, 2.24) is 9.97 Å². The Morgan fingerprint density at radius 2 is 1.96 bits per heavy atom. The molecular weight excluding hydrogens is 373 g/mol. The van der Waals surface area contributed by atoms with Gasteiger partial charge in [0.05, 0.1) is 0 Å². The fraction of sp³-hybridized carbons (Fsp3) is 0.333. The zero-order valence-electron chi connectivity index (χ0n) is 12.2. The molecule has 4 nitrogen and oxygen atoms in total. The van der Waals surface area contributed by atoms with Crippen LogP contribution in [0, 0.1) is 6.92 Å². The topological polar surface area (TPSA) is 49.8 Å². The van der Waals surface area contributed by atoms with E-state index in [1.807, 2.05) is 13.0 Å². The van der Waals surface area contributed by atoms with Crippen molar-refractivity contribution < 1.29 is 13.2 Å². The zero-order chi connectivity index (χ0) is 16.6. The van der Waals surface area contributed by atoms with Crippen LogP contribution >= 0.6 is 15.9 Å². The predicted octanol–water partition coefficient (Wildman–Crippen LogP) is 4.88. The van der Waals surface area contributed by atoms with Crippen LogP contribution in [0.4, 0.5) is 30.6 Å². The van der Waals surface area contributed by atoms with Crippen molar-refractivity contribution in [3.63, 3.8) is 0 Å². The van der Waals surface area contributed by atoms with Crippen molar-refractivity contribution in [2.45, 2.75) is 32.0 Å². The molecule has 3 rings (SSSR count). The van der Waals surface area contributed by atoms with Crippen LogP contribution in [-0.2, 0) is 6.18 Å². The lowest BCUT2D eigenvalue weighted by Gasteiger charge is -2.14. The Balaban J connectivity index is 1.95. The summed E-state index contributed by atoms with van der Waals surface area (Å²) in [6.45, 7) is 1.86. The van der Waals surface area contributed by atoms with Crippen LogP contribution in [0.1, 0.15) is 24.1 Å². The van der Waals surface area contributed by atoms with Gasteiger partial charge in [-0.2, -0.15) is 18.2 Å². The summed E-state index contributed by atoms with van der Waals surface area (Å²) in [5, 5.41) is 5.85. The van der Waals surface area contributed by atoms with Gasteiger partial charge in [-0.3, -0.25) is 0 Å². The minimum Gasteiger partial charge on any atom is -0.351 e. The van der Waals surface area contributed by atoms with E-state index in [1.165, 1.54) is 0 Å². The SMILES string of the molecule is Cc1c(Br)cccc1Nc1cc(C(F)(F)F)nc(NC2CC2)n1. The molecule has 23 heavy (non-hydrogen) atoms. The van der Waals surface area contributed by atoms with E-state index >= 15 is 0 Å². The Bertz CT molecular complexity index is 729. The summed E-state index contributed by atoms with van der Waals surface area (Å²) < 4.78 is 40.0. The average Bonchev–Trinajstić information content (AvgIpc) is 3.27. The molecular formula is C15H14BrF3N4. The maximum atomic E-state index is 13.0. The van der Waals surface area contributed by atoms with Crippen LogP contribution in [0.2, 0.25) is 0 Å². The molecule has 0 unspecified atom stereocenters. The van der Waals surface area contributed by atoms with Gasteiger partial charge in [0.15, 0.2) is 5.69 Å². The quantitative estimate of drug-likeness (QED) is 0.785. The van der Waals surface area contributed by atoms with Crippen LogP contribution in [0.25, 0.3) is 0 Å². The van der Waals surface area contributed by atoms with E-state index in [4.69, 9.17) is 0 Å².